The first-order valence-corrected chi connectivity index (χ1v) is 15.7. The second-order valence-electron chi connectivity index (χ2n) is 13.1. The predicted octanol–water partition coefficient (Wildman–Crippen LogP) is 3.61. The van der Waals surface area contributed by atoms with Crippen LogP contribution in [0.3, 0.4) is 0 Å². The lowest BCUT2D eigenvalue weighted by atomic mass is 9.43. The first-order chi connectivity index (χ1) is 17.8. The summed E-state index contributed by atoms with van der Waals surface area (Å²) in [6, 6.07) is 0. The molecule has 0 radical (unpaired) electrons. The molecular formula is C25H37ClN5O6P. The van der Waals surface area contributed by atoms with E-state index in [4.69, 9.17) is 26.1 Å². The highest BCUT2D eigenvalue weighted by Crippen LogP contribution is 2.67. The van der Waals surface area contributed by atoms with Gasteiger partial charge in [0.1, 0.15) is 12.2 Å². The van der Waals surface area contributed by atoms with Crippen LogP contribution in [0.4, 0.5) is 5.82 Å². The van der Waals surface area contributed by atoms with Crippen molar-refractivity contribution in [3.63, 3.8) is 0 Å². The lowest BCUT2D eigenvalue weighted by Crippen LogP contribution is -2.61. The molecular weight excluding hydrogens is 533 g/mol. The Morgan fingerprint density at radius 2 is 1.82 bits per heavy atom. The van der Waals surface area contributed by atoms with Crippen LogP contribution in [0, 0.1) is 16.7 Å². The molecule has 4 unspecified atom stereocenters. The minimum absolute atomic E-state index is 0.0610. The van der Waals surface area contributed by atoms with E-state index < -0.39 is 32.1 Å². The Kier molecular flexibility index (Phi) is 6.43. The number of halogens is 1. The molecule has 4 bridgehead atoms. The van der Waals surface area contributed by atoms with E-state index in [2.05, 4.69) is 34.1 Å². The summed E-state index contributed by atoms with van der Waals surface area (Å²) in [5, 5.41) is 25.3. The van der Waals surface area contributed by atoms with Gasteiger partial charge in [0.25, 0.3) is 0 Å². The van der Waals surface area contributed by atoms with E-state index in [1.165, 1.54) is 25.6 Å². The number of anilines is 1. The lowest BCUT2D eigenvalue weighted by Gasteiger charge is -2.65. The zero-order valence-electron chi connectivity index (χ0n) is 21.8. The third-order valence-electron chi connectivity index (χ3n) is 9.20. The van der Waals surface area contributed by atoms with Crippen molar-refractivity contribution in [1.82, 2.24) is 19.5 Å². The van der Waals surface area contributed by atoms with Crippen LogP contribution < -0.4 is 5.32 Å². The Bertz CT molecular complexity index is 1270. The van der Waals surface area contributed by atoms with Crippen LogP contribution >= 0.6 is 19.2 Å². The Morgan fingerprint density at radius 3 is 2.47 bits per heavy atom. The number of fused-ring (bicyclic) bond motifs is 1. The lowest BCUT2D eigenvalue weighted by molar-refractivity contribution is -0.0973. The fourth-order valence-electron chi connectivity index (χ4n) is 8.86. The molecule has 5 N–H and O–H groups in total. The minimum Gasteiger partial charge on any atom is -0.388 e. The van der Waals surface area contributed by atoms with Crippen LogP contribution in [0.25, 0.3) is 11.2 Å². The largest absolute Gasteiger partial charge is 0.388 e. The van der Waals surface area contributed by atoms with Gasteiger partial charge >= 0.3 is 7.60 Å². The van der Waals surface area contributed by atoms with Gasteiger partial charge in [-0.1, -0.05) is 20.3 Å². The second-order valence-corrected chi connectivity index (χ2v) is 15.2. The fraction of sp³-hybridized carbons (Fsp3) is 0.800. The number of aliphatic hydroxyl groups is 2. The molecule has 0 spiro atoms. The summed E-state index contributed by atoms with van der Waals surface area (Å²) in [6.45, 7) is 4.83. The van der Waals surface area contributed by atoms with Crippen LogP contribution in [0.1, 0.15) is 77.9 Å². The highest BCUT2D eigenvalue weighted by molar-refractivity contribution is 7.51. The molecule has 7 rings (SSSR count). The molecule has 0 aromatic carbocycles. The van der Waals surface area contributed by atoms with Gasteiger partial charge in [-0.3, -0.25) is 9.13 Å². The number of nitrogens with one attached hydrogen (secondary N) is 1. The summed E-state index contributed by atoms with van der Waals surface area (Å²) >= 11 is 6.40. The molecule has 0 amide bonds. The van der Waals surface area contributed by atoms with Crippen molar-refractivity contribution >= 4 is 36.2 Å². The van der Waals surface area contributed by atoms with Crippen LogP contribution in [0.5, 0.6) is 0 Å². The summed E-state index contributed by atoms with van der Waals surface area (Å²) < 4.78 is 18.7. The number of hydrogen-bond donors (Lipinski definition) is 5. The second kappa shape index (κ2) is 9.09. The number of imidazole rings is 1. The van der Waals surface area contributed by atoms with Gasteiger partial charge in [0.15, 0.2) is 23.2 Å². The maximum atomic E-state index is 11.1. The maximum Gasteiger partial charge on any atom is 0.325 e. The van der Waals surface area contributed by atoms with Gasteiger partial charge in [-0.25, -0.2) is 4.98 Å². The van der Waals surface area contributed by atoms with Crippen LogP contribution in [-0.4, -0.2) is 69.5 Å². The van der Waals surface area contributed by atoms with E-state index in [0.29, 0.717) is 53.0 Å². The van der Waals surface area contributed by atoms with E-state index >= 15 is 0 Å². The molecule has 13 heteroatoms. The Balaban J connectivity index is 1.24. The van der Waals surface area contributed by atoms with E-state index in [9.17, 15) is 14.8 Å². The molecule has 3 heterocycles. The standard InChI is InChI=1S/C25H37ClN5O6P/c1-23-7-14-8-24(2,10-23)12-25(9-14,11-23)30-19-16-20(29-22(26)28-19)31(13-27-16)21-18(33)17(32)15(37-21)5-3-4-6-38(34,35)36/h13-15,17-18,21,32-33H,3-12H2,1-2H3,(H,28,29,30)(H2,34,35,36)/t14-,15?,17?,18?,21?,23+,24-,25-. The van der Waals surface area contributed by atoms with Crippen molar-refractivity contribution in [2.45, 2.75) is 102 Å². The molecule has 210 valence electrons. The first-order valence-electron chi connectivity index (χ1n) is 13.5. The van der Waals surface area contributed by atoms with Crippen molar-refractivity contribution in [3.05, 3.63) is 11.6 Å². The molecule has 2 aromatic rings. The van der Waals surface area contributed by atoms with Crippen molar-refractivity contribution in [2.75, 3.05) is 11.5 Å². The third-order valence-corrected chi connectivity index (χ3v) is 10.3. The van der Waals surface area contributed by atoms with Gasteiger partial charge in [-0.15, -0.1) is 0 Å². The van der Waals surface area contributed by atoms with Crippen LogP contribution in [0.2, 0.25) is 5.28 Å². The highest BCUT2D eigenvalue weighted by atomic mass is 35.5. The molecule has 8 atom stereocenters. The Labute approximate surface area is 226 Å². The first kappa shape index (κ1) is 26.9. The molecule has 1 aliphatic heterocycles. The van der Waals surface area contributed by atoms with Crippen molar-refractivity contribution in [3.8, 4) is 0 Å². The average molecular weight is 570 g/mol. The molecule has 5 fully saturated rings. The molecule has 38 heavy (non-hydrogen) atoms. The quantitative estimate of drug-likeness (QED) is 0.180. The topological polar surface area (TPSA) is 163 Å². The average Bonchev–Trinajstić information content (AvgIpc) is 3.29. The van der Waals surface area contributed by atoms with Gasteiger partial charge in [0, 0.05) is 11.7 Å². The van der Waals surface area contributed by atoms with Gasteiger partial charge in [-0.05, 0) is 79.7 Å². The van der Waals surface area contributed by atoms with Crippen molar-refractivity contribution in [2.24, 2.45) is 16.7 Å². The number of nitrogens with zero attached hydrogens (tertiary/aromatic N) is 4. The summed E-state index contributed by atoms with van der Waals surface area (Å²) in [5.74, 6) is 1.27. The molecule has 2 aromatic heterocycles. The molecule has 11 nitrogen and oxygen atoms in total. The number of rotatable bonds is 8. The third kappa shape index (κ3) is 4.89. The normalized spacial score (nSPS) is 40.3. The zero-order valence-corrected chi connectivity index (χ0v) is 23.4. The number of ether oxygens (including phenoxy) is 1. The fourth-order valence-corrected chi connectivity index (χ4v) is 9.66. The smallest absolute Gasteiger partial charge is 0.325 e. The van der Waals surface area contributed by atoms with Crippen molar-refractivity contribution < 1.29 is 29.3 Å². The minimum atomic E-state index is -4.07. The van der Waals surface area contributed by atoms with Gasteiger partial charge in [-0.2, -0.15) is 9.97 Å². The number of aliphatic hydroxyl groups excluding tert-OH is 2. The van der Waals surface area contributed by atoms with Crippen LogP contribution in [0.15, 0.2) is 6.33 Å². The van der Waals surface area contributed by atoms with E-state index in [0.717, 1.165) is 19.3 Å². The molecule has 5 aliphatic rings. The SMILES string of the molecule is C[C@]12C[C@@H]3C[C@](C)(C1)C[C@@](Nc1nc(Cl)nc4c1ncn4C1OC(CCCCP(=O)(O)O)C(O)C1O)(C3)C2. The summed E-state index contributed by atoms with van der Waals surface area (Å²) in [6.07, 6.45) is 5.47. The monoisotopic (exact) mass is 569 g/mol. The summed E-state index contributed by atoms with van der Waals surface area (Å²) in [5.41, 5.74) is 1.50. The molecule has 1 saturated heterocycles. The summed E-state index contributed by atoms with van der Waals surface area (Å²) in [7, 11) is -4.07. The van der Waals surface area contributed by atoms with E-state index in [-0.39, 0.29) is 17.0 Å². The van der Waals surface area contributed by atoms with Gasteiger partial charge in [0.05, 0.1) is 12.4 Å². The summed E-state index contributed by atoms with van der Waals surface area (Å²) in [4.78, 5) is 31.6. The van der Waals surface area contributed by atoms with Crippen molar-refractivity contribution in [1.29, 1.82) is 0 Å². The van der Waals surface area contributed by atoms with Gasteiger partial charge < -0.3 is 30.1 Å². The number of unbranched alkanes of at least 4 members (excludes halogenated alkanes) is 1. The van der Waals surface area contributed by atoms with Crippen LogP contribution in [-0.2, 0) is 9.30 Å². The number of hydrogen-bond acceptors (Lipinski definition) is 8. The Hall–Kier alpha value is -1.33. The zero-order chi connectivity index (χ0) is 27.1. The molecule has 4 saturated carbocycles. The van der Waals surface area contributed by atoms with E-state index in [1.807, 2.05) is 0 Å². The highest BCUT2D eigenvalue weighted by Gasteiger charge is 2.60. The maximum absolute atomic E-state index is 11.1. The van der Waals surface area contributed by atoms with E-state index in [1.54, 1.807) is 4.57 Å². The Morgan fingerprint density at radius 1 is 1.11 bits per heavy atom. The number of aromatic nitrogens is 4. The van der Waals surface area contributed by atoms with Gasteiger partial charge in [0.2, 0.25) is 5.28 Å². The molecule has 4 aliphatic carbocycles. The predicted molar refractivity (Wildman–Crippen MR) is 141 cm³/mol.